The van der Waals surface area contributed by atoms with Gasteiger partial charge < -0.3 is 4.42 Å². The average Bonchev–Trinajstić information content (AvgIpc) is 2.68. The van der Waals surface area contributed by atoms with E-state index in [2.05, 4.69) is 11.9 Å². The molecule has 1 heterocycles. The maximum Gasteiger partial charge on any atom is 0.362 e. The van der Waals surface area contributed by atoms with E-state index in [1.165, 1.54) is 5.56 Å². The van der Waals surface area contributed by atoms with Gasteiger partial charge in [-0.05, 0) is 37.0 Å². The molecule has 27 heavy (non-hydrogen) atoms. The van der Waals surface area contributed by atoms with E-state index >= 15 is 0 Å². The summed E-state index contributed by atoms with van der Waals surface area (Å²) in [5.74, 6) is 0.602. The van der Waals surface area contributed by atoms with Crippen LogP contribution in [0.15, 0.2) is 74.9 Å². The lowest BCUT2D eigenvalue weighted by Gasteiger charge is -2.08. The van der Waals surface area contributed by atoms with E-state index in [9.17, 15) is 4.79 Å². The second-order valence-corrected chi connectivity index (χ2v) is 6.76. The molecule has 1 aromatic heterocycles. The maximum absolute atomic E-state index is 12.7. The number of unbranched alkanes of at least 4 members (excludes halogenated alkanes) is 2. The summed E-state index contributed by atoms with van der Waals surface area (Å²) in [5.41, 5.74) is 4.01. The molecule has 0 radical (unpaired) electrons. The number of nitrogens with zero attached hydrogens (tertiary/aromatic N) is 1. The molecule has 0 bridgehead atoms. The summed E-state index contributed by atoms with van der Waals surface area (Å²) in [6.45, 7) is 4.21. The van der Waals surface area contributed by atoms with Gasteiger partial charge in [-0.25, -0.2) is 9.79 Å². The maximum atomic E-state index is 12.7. The molecule has 0 N–H and O–H groups in total. The molecule has 0 atom stereocenters. The largest absolute Gasteiger partial charge is 0.421 e. The Labute approximate surface area is 160 Å². The topological polar surface area (TPSA) is 42.6 Å². The third-order valence-electron chi connectivity index (χ3n) is 4.53. The van der Waals surface area contributed by atoms with E-state index in [1.54, 1.807) is 6.21 Å². The molecule has 0 fully saturated rings. The highest BCUT2D eigenvalue weighted by Crippen LogP contribution is 2.25. The van der Waals surface area contributed by atoms with Crippen molar-refractivity contribution in [3.05, 3.63) is 87.8 Å². The van der Waals surface area contributed by atoms with Crippen LogP contribution in [0.25, 0.3) is 11.3 Å². The number of hydrogen-bond donors (Lipinski definition) is 0. The Morgan fingerprint density at radius 3 is 2.44 bits per heavy atom. The first-order valence-corrected chi connectivity index (χ1v) is 9.50. The summed E-state index contributed by atoms with van der Waals surface area (Å²) in [6, 6.07) is 19.8. The minimum Gasteiger partial charge on any atom is -0.421 e. The molecule has 0 unspecified atom stereocenters. The number of aliphatic imine (C=N–C) groups is 1. The smallest absolute Gasteiger partial charge is 0.362 e. The van der Waals surface area contributed by atoms with Gasteiger partial charge in [0, 0.05) is 11.8 Å². The van der Waals surface area contributed by atoms with Crippen LogP contribution >= 0.6 is 0 Å². The number of benzene rings is 2. The molecule has 2 aromatic carbocycles. The fraction of sp³-hybridized carbons (Fsp3) is 0.250. The van der Waals surface area contributed by atoms with Crippen molar-refractivity contribution in [1.82, 2.24) is 0 Å². The molecule has 138 valence electrons. The number of hydrogen-bond acceptors (Lipinski definition) is 3. The lowest BCUT2D eigenvalue weighted by atomic mass is 10.0. The highest BCUT2D eigenvalue weighted by molar-refractivity contribution is 5.82. The molecule has 3 nitrogen and oxygen atoms in total. The van der Waals surface area contributed by atoms with E-state index in [-0.39, 0.29) is 5.63 Å². The van der Waals surface area contributed by atoms with E-state index in [0.29, 0.717) is 11.4 Å². The number of aryl methyl sites for hydroxylation is 2. The summed E-state index contributed by atoms with van der Waals surface area (Å²) in [7, 11) is 0. The highest BCUT2D eigenvalue weighted by Gasteiger charge is 2.12. The van der Waals surface area contributed by atoms with Crippen LogP contribution in [0, 0.1) is 6.92 Å². The van der Waals surface area contributed by atoms with Gasteiger partial charge in [0.25, 0.3) is 0 Å². The Morgan fingerprint density at radius 2 is 1.74 bits per heavy atom. The van der Waals surface area contributed by atoms with Crippen molar-refractivity contribution in [3.63, 3.8) is 0 Å². The third kappa shape index (κ3) is 5.04. The van der Waals surface area contributed by atoms with Gasteiger partial charge in [0.1, 0.15) is 5.76 Å². The van der Waals surface area contributed by atoms with Crippen LogP contribution in [-0.4, -0.2) is 6.21 Å². The second kappa shape index (κ2) is 9.13. The quantitative estimate of drug-likeness (QED) is 0.378. The molecule has 0 aliphatic heterocycles. The molecule has 0 spiro atoms. The normalized spacial score (nSPS) is 11.2. The first kappa shape index (κ1) is 18.8. The zero-order chi connectivity index (χ0) is 19.1. The summed E-state index contributed by atoms with van der Waals surface area (Å²) in [6.07, 6.45) is 5.83. The molecule has 0 saturated carbocycles. The zero-order valence-electron chi connectivity index (χ0n) is 15.9. The van der Waals surface area contributed by atoms with E-state index in [0.717, 1.165) is 42.4 Å². The molecule has 0 saturated heterocycles. The van der Waals surface area contributed by atoms with E-state index in [4.69, 9.17) is 4.42 Å². The van der Waals surface area contributed by atoms with Crippen molar-refractivity contribution >= 4 is 11.9 Å². The summed E-state index contributed by atoms with van der Waals surface area (Å²) < 4.78 is 5.60. The van der Waals surface area contributed by atoms with Crippen molar-refractivity contribution in [2.24, 2.45) is 4.99 Å². The van der Waals surface area contributed by atoms with Crippen molar-refractivity contribution < 1.29 is 4.42 Å². The predicted octanol–water partition coefficient (Wildman–Crippen LogP) is 6.10. The lowest BCUT2D eigenvalue weighted by Crippen LogP contribution is -2.04. The Hall–Kier alpha value is -2.94. The molecule has 0 aliphatic rings. The standard InChI is InChI=1S/C24H25NO2/c1-3-4-6-11-21-16-22(20-14-12-18(2)13-15-20)27-24(26)23(21)25-17-19-9-7-5-8-10-19/h5,7-10,12-17H,3-4,6,11H2,1-2H3. The molecule has 0 amide bonds. The third-order valence-corrected chi connectivity index (χ3v) is 4.53. The van der Waals surface area contributed by atoms with Gasteiger partial charge >= 0.3 is 5.63 Å². The minimum absolute atomic E-state index is 0.383. The Kier molecular flexibility index (Phi) is 6.37. The van der Waals surface area contributed by atoms with Crippen LogP contribution in [0.4, 0.5) is 5.69 Å². The fourth-order valence-corrected chi connectivity index (χ4v) is 2.97. The van der Waals surface area contributed by atoms with Crippen molar-refractivity contribution in [1.29, 1.82) is 0 Å². The van der Waals surface area contributed by atoms with Gasteiger partial charge in [-0.1, -0.05) is 79.9 Å². The van der Waals surface area contributed by atoms with Gasteiger partial charge in [0.15, 0.2) is 5.69 Å². The SMILES string of the molecule is CCCCCc1cc(-c2ccc(C)cc2)oc(=O)c1N=Cc1ccccc1. The van der Waals surface area contributed by atoms with Gasteiger partial charge in [-0.3, -0.25) is 0 Å². The molecular weight excluding hydrogens is 334 g/mol. The van der Waals surface area contributed by atoms with Gasteiger partial charge in [0.05, 0.1) is 0 Å². The van der Waals surface area contributed by atoms with Crippen molar-refractivity contribution in [2.45, 2.75) is 39.5 Å². The summed E-state index contributed by atoms with van der Waals surface area (Å²) >= 11 is 0. The zero-order valence-corrected chi connectivity index (χ0v) is 15.9. The monoisotopic (exact) mass is 359 g/mol. The molecule has 3 rings (SSSR count). The van der Waals surface area contributed by atoms with Gasteiger partial charge in [0.2, 0.25) is 0 Å². The van der Waals surface area contributed by atoms with Crippen molar-refractivity contribution in [3.8, 4) is 11.3 Å². The van der Waals surface area contributed by atoms with Crippen LogP contribution < -0.4 is 5.63 Å². The van der Waals surface area contributed by atoms with E-state index < -0.39 is 0 Å². The molecular formula is C24H25NO2. The molecule has 0 aliphatic carbocycles. The Balaban J connectivity index is 1.99. The highest BCUT2D eigenvalue weighted by atomic mass is 16.4. The first-order chi connectivity index (χ1) is 13.2. The fourth-order valence-electron chi connectivity index (χ4n) is 2.97. The predicted molar refractivity (Wildman–Crippen MR) is 112 cm³/mol. The van der Waals surface area contributed by atoms with Gasteiger partial charge in [-0.2, -0.15) is 0 Å². The second-order valence-electron chi connectivity index (χ2n) is 6.76. The summed E-state index contributed by atoms with van der Waals surface area (Å²) in [4.78, 5) is 17.1. The lowest BCUT2D eigenvalue weighted by molar-refractivity contribution is 0.524. The van der Waals surface area contributed by atoms with E-state index in [1.807, 2.05) is 67.6 Å². The van der Waals surface area contributed by atoms with Crippen LogP contribution in [0.2, 0.25) is 0 Å². The van der Waals surface area contributed by atoms with Crippen LogP contribution in [0.5, 0.6) is 0 Å². The minimum atomic E-state index is -0.383. The van der Waals surface area contributed by atoms with Crippen LogP contribution in [0.3, 0.4) is 0 Å². The van der Waals surface area contributed by atoms with Crippen LogP contribution in [0.1, 0.15) is 42.9 Å². The summed E-state index contributed by atoms with van der Waals surface area (Å²) in [5, 5.41) is 0. The Bertz CT molecular complexity index is 954. The Morgan fingerprint density at radius 1 is 1.00 bits per heavy atom. The molecule has 3 aromatic rings. The average molecular weight is 359 g/mol. The van der Waals surface area contributed by atoms with Crippen molar-refractivity contribution in [2.75, 3.05) is 0 Å². The number of rotatable bonds is 7. The first-order valence-electron chi connectivity index (χ1n) is 9.50. The molecule has 3 heteroatoms. The van der Waals surface area contributed by atoms with Crippen LogP contribution in [-0.2, 0) is 6.42 Å². The van der Waals surface area contributed by atoms with Gasteiger partial charge in [-0.15, -0.1) is 0 Å².